The molecule has 0 fully saturated rings. The molecule has 0 radical (unpaired) electrons. The fourth-order valence-corrected chi connectivity index (χ4v) is 1.88. The number of rotatable bonds is 3. The van der Waals surface area contributed by atoms with E-state index in [2.05, 4.69) is 26.2 Å². The van der Waals surface area contributed by atoms with E-state index in [1.54, 1.807) is 6.20 Å². The molecule has 1 aromatic carbocycles. The van der Waals surface area contributed by atoms with E-state index >= 15 is 0 Å². The number of anilines is 1. The lowest BCUT2D eigenvalue weighted by Gasteiger charge is -2.08. The number of benzene rings is 1. The van der Waals surface area contributed by atoms with Crippen molar-refractivity contribution in [2.45, 2.75) is 6.54 Å². The monoisotopic (exact) mass is 296 g/mol. The lowest BCUT2D eigenvalue weighted by molar-refractivity contribution is 1.04. The van der Waals surface area contributed by atoms with Crippen LogP contribution in [0.15, 0.2) is 47.1 Å². The average Bonchev–Trinajstić information content (AvgIpc) is 2.32. The van der Waals surface area contributed by atoms with E-state index < -0.39 is 0 Å². The van der Waals surface area contributed by atoms with Crippen LogP contribution in [0.3, 0.4) is 0 Å². The third-order valence-electron chi connectivity index (χ3n) is 2.11. The highest BCUT2D eigenvalue weighted by Gasteiger charge is 2.00. The SMILES string of the molecule is Clc1ccc(Br)c(NCc2ccccn2)c1. The van der Waals surface area contributed by atoms with Crippen LogP contribution in [-0.2, 0) is 6.54 Å². The highest BCUT2D eigenvalue weighted by Crippen LogP contribution is 2.26. The Balaban J connectivity index is 2.08. The second kappa shape index (κ2) is 5.32. The smallest absolute Gasteiger partial charge is 0.0594 e. The number of hydrogen-bond acceptors (Lipinski definition) is 2. The van der Waals surface area contributed by atoms with Crippen molar-refractivity contribution in [3.63, 3.8) is 0 Å². The second-order valence-electron chi connectivity index (χ2n) is 3.30. The summed E-state index contributed by atoms with van der Waals surface area (Å²) in [4.78, 5) is 4.24. The summed E-state index contributed by atoms with van der Waals surface area (Å²) in [6.07, 6.45) is 1.78. The van der Waals surface area contributed by atoms with Gasteiger partial charge in [-0.1, -0.05) is 17.7 Å². The molecule has 4 heteroatoms. The van der Waals surface area contributed by atoms with Crippen molar-refractivity contribution in [3.05, 3.63) is 57.8 Å². The van der Waals surface area contributed by atoms with Crippen LogP contribution in [0.1, 0.15) is 5.69 Å². The Hall–Kier alpha value is -1.06. The fourth-order valence-electron chi connectivity index (χ4n) is 1.32. The topological polar surface area (TPSA) is 24.9 Å². The van der Waals surface area contributed by atoms with Gasteiger partial charge in [0.2, 0.25) is 0 Å². The van der Waals surface area contributed by atoms with Gasteiger partial charge in [-0.15, -0.1) is 0 Å². The van der Waals surface area contributed by atoms with Crippen LogP contribution < -0.4 is 5.32 Å². The molecular weight excluding hydrogens is 288 g/mol. The predicted octanol–water partition coefficient (Wildman–Crippen LogP) is 4.11. The Kier molecular flexibility index (Phi) is 3.80. The number of aromatic nitrogens is 1. The minimum absolute atomic E-state index is 0.680. The highest BCUT2D eigenvalue weighted by molar-refractivity contribution is 9.10. The third kappa shape index (κ3) is 2.97. The maximum atomic E-state index is 5.92. The van der Waals surface area contributed by atoms with E-state index in [4.69, 9.17) is 11.6 Å². The fraction of sp³-hybridized carbons (Fsp3) is 0.0833. The van der Waals surface area contributed by atoms with Crippen molar-refractivity contribution < 1.29 is 0 Å². The van der Waals surface area contributed by atoms with Crippen molar-refractivity contribution in [1.82, 2.24) is 4.98 Å². The summed E-state index contributed by atoms with van der Waals surface area (Å²) in [5.41, 5.74) is 1.97. The zero-order valence-corrected chi connectivity index (χ0v) is 10.8. The Morgan fingerprint density at radius 1 is 1.25 bits per heavy atom. The van der Waals surface area contributed by atoms with Crippen molar-refractivity contribution in [2.24, 2.45) is 0 Å². The maximum absolute atomic E-state index is 5.92. The minimum atomic E-state index is 0.680. The van der Waals surface area contributed by atoms with Gasteiger partial charge in [0.25, 0.3) is 0 Å². The molecule has 0 saturated carbocycles. The van der Waals surface area contributed by atoms with Gasteiger partial charge < -0.3 is 5.32 Å². The van der Waals surface area contributed by atoms with E-state index in [9.17, 15) is 0 Å². The number of pyridine rings is 1. The zero-order valence-electron chi connectivity index (χ0n) is 8.45. The molecule has 16 heavy (non-hydrogen) atoms. The molecule has 1 aromatic heterocycles. The molecule has 0 unspecified atom stereocenters. The molecule has 0 atom stereocenters. The van der Waals surface area contributed by atoms with Crippen LogP contribution in [0.2, 0.25) is 5.02 Å². The zero-order chi connectivity index (χ0) is 11.4. The summed E-state index contributed by atoms with van der Waals surface area (Å²) in [6.45, 7) is 0.680. The van der Waals surface area contributed by atoms with E-state index in [-0.39, 0.29) is 0 Å². The van der Waals surface area contributed by atoms with E-state index in [1.807, 2.05) is 36.4 Å². The molecule has 0 spiro atoms. The van der Waals surface area contributed by atoms with Gasteiger partial charge in [-0.2, -0.15) is 0 Å². The molecule has 0 aliphatic carbocycles. The molecular formula is C12H10BrClN2. The first-order valence-corrected chi connectivity index (χ1v) is 6.01. The molecule has 2 rings (SSSR count). The first-order chi connectivity index (χ1) is 7.75. The van der Waals surface area contributed by atoms with E-state index in [0.29, 0.717) is 11.6 Å². The minimum Gasteiger partial charge on any atom is -0.378 e. The average molecular weight is 298 g/mol. The van der Waals surface area contributed by atoms with Crippen molar-refractivity contribution in [1.29, 1.82) is 0 Å². The molecule has 2 aromatic rings. The number of nitrogens with zero attached hydrogens (tertiary/aromatic N) is 1. The molecule has 2 nitrogen and oxygen atoms in total. The standard InChI is InChI=1S/C12H10BrClN2/c13-11-5-4-9(14)7-12(11)16-8-10-3-1-2-6-15-10/h1-7,16H,8H2. The number of halogens is 2. The van der Waals surface area contributed by atoms with Gasteiger partial charge in [-0.05, 0) is 46.3 Å². The summed E-state index contributed by atoms with van der Waals surface area (Å²) in [5, 5.41) is 3.99. The van der Waals surface area contributed by atoms with Crippen LogP contribution in [0.25, 0.3) is 0 Å². The summed E-state index contributed by atoms with van der Waals surface area (Å²) >= 11 is 9.38. The normalized spacial score (nSPS) is 10.1. The Morgan fingerprint density at radius 3 is 2.88 bits per heavy atom. The highest BCUT2D eigenvalue weighted by atomic mass is 79.9. The van der Waals surface area contributed by atoms with E-state index in [1.165, 1.54) is 0 Å². The van der Waals surface area contributed by atoms with Crippen LogP contribution >= 0.6 is 27.5 Å². The quantitative estimate of drug-likeness (QED) is 0.922. The van der Waals surface area contributed by atoms with Gasteiger partial charge in [-0.25, -0.2) is 0 Å². The second-order valence-corrected chi connectivity index (χ2v) is 4.59. The lowest BCUT2D eigenvalue weighted by Crippen LogP contribution is -2.01. The van der Waals surface area contributed by atoms with Gasteiger partial charge in [0.1, 0.15) is 0 Å². The van der Waals surface area contributed by atoms with E-state index in [0.717, 1.165) is 15.9 Å². The Labute approximate surface area is 108 Å². The van der Waals surface area contributed by atoms with Crippen molar-refractivity contribution in [3.8, 4) is 0 Å². The van der Waals surface area contributed by atoms with Crippen LogP contribution in [0.4, 0.5) is 5.69 Å². The Bertz CT molecular complexity index is 474. The predicted molar refractivity (Wildman–Crippen MR) is 70.7 cm³/mol. The van der Waals surface area contributed by atoms with Crippen LogP contribution in [0, 0.1) is 0 Å². The first kappa shape index (κ1) is 11.4. The molecule has 0 aliphatic heterocycles. The van der Waals surface area contributed by atoms with Gasteiger partial charge in [0.05, 0.1) is 17.9 Å². The molecule has 82 valence electrons. The number of nitrogens with one attached hydrogen (secondary N) is 1. The summed E-state index contributed by atoms with van der Waals surface area (Å²) < 4.78 is 0.993. The molecule has 0 bridgehead atoms. The van der Waals surface area contributed by atoms with Gasteiger partial charge in [0.15, 0.2) is 0 Å². The third-order valence-corrected chi connectivity index (χ3v) is 3.04. The van der Waals surface area contributed by atoms with Crippen LogP contribution in [0.5, 0.6) is 0 Å². The summed E-state index contributed by atoms with van der Waals surface area (Å²) in [6, 6.07) is 11.5. The largest absolute Gasteiger partial charge is 0.378 e. The molecule has 0 saturated heterocycles. The first-order valence-electron chi connectivity index (χ1n) is 4.84. The van der Waals surface area contributed by atoms with Gasteiger partial charge >= 0.3 is 0 Å². The molecule has 1 heterocycles. The maximum Gasteiger partial charge on any atom is 0.0594 e. The Morgan fingerprint density at radius 2 is 2.12 bits per heavy atom. The van der Waals surface area contributed by atoms with Gasteiger partial charge in [-0.3, -0.25) is 4.98 Å². The van der Waals surface area contributed by atoms with Crippen molar-refractivity contribution >= 4 is 33.2 Å². The summed E-state index contributed by atoms with van der Waals surface area (Å²) in [7, 11) is 0. The van der Waals surface area contributed by atoms with Crippen molar-refractivity contribution in [2.75, 3.05) is 5.32 Å². The number of hydrogen-bond donors (Lipinski definition) is 1. The van der Waals surface area contributed by atoms with Gasteiger partial charge in [0, 0.05) is 15.7 Å². The van der Waals surface area contributed by atoms with Crippen LogP contribution in [-0.4, -0.2) is 4.98 Å². The lowest BCUT2D eigenvalue weighted by atomic mass is 10.3. The molecule has 1 N–H and O–H groups in total. The molecule has 0 aliphatic rings. The summed E-state index contributed by atoms with van der Waals surface area (Å²) in [5.74, 6) is 0. The molecule has 0 amide bonds.